The van der Waals surface area contributed by atoms with Crippen LogP contribution in [0.15, 0.2) is 48.6 Å². The third-order valence-corrected chi connectivity index (χ3v) is 16.8. The Labute approximate surface area is 490 Å². The van der Waals surface area contributed by atoms with Gasteiger partial charge in [-0.05, 0) is 64.2 Å². The minimum Gasteiger partial charge on any atom is -0.394 e. The maximum absolute atomic E-state index is 12.5. The molecule has 4 heteroatoms. The second kappa shape index (κ2) is 69.6. The van der Waals surface area contributed by atoms with Crippen molar-refractivity contribution in [1.82, 2.24) is 5.32 Å². The van der Waals surface area contributed by atoms with Crippen molar-refractivity contribution in [2.24, 2.45) is 0 Å². The van der Waals surface area contributed by atoms with E-state index in [0.29, 0.717) is 6.42 Å². The maximum Gasteiger partial charge on any atom is 0.220 e. The van der Waals surface area contributed by atoms with E-state index < -0.39 is 12.1 Å². The van der Waals surface area contributed by atoms with Gasteiger partial charge in [0, 0.05) is 6.42 Å². The van der Waals surface area contributed by atoms with Crippen LogP contribution < -0.4 is 5.32 Å². The van der Waals surface area contributed by atoms with Gasteiger partial charge in [-0.3, -0.25) is 4.79 Å². The lowest BCUT2D eigenvalue weighted by Crippen LogP contribution is -2.45. The van der Waals surface area contributed by atoms with Crippen LogP contribution in [0.5, 0.6) is 0 Å². The molecule has 0 rings (SSSR count). The summed E-state index contributed by atoms with van der Waals surface area (Å²) in [6, 6.07) is -0.640. The van der Waals surface area contributed by atoms with Gasteiger partial charge >= 0.3 is 0 Å². The van der Waals surface area contributed by atoms with E-state index in [1.54, 1.807) is 6.08 Å². The number of aliphatic hydroxyl groups excluding tert-OH is 2. The first kappa shape index (κ1) is 76.3. The minimum atomic E-state index is -0.863. The number of nitrogens with one attached hydrogen (secondary N) is 1. The molecule has 0 aromatic rings. The van der Waals surface area contributed by atoms with Crippen molar-refractivity contribution in [3.8, 4) is 0 Å². The number of carbonyl (C=O) groups excluding carboxylic acids is 1. The Kier molecular flexibility index (Phi) is 68.1. The zero-order valence-electron chi connectivity index (χ0n) is 53.2. The van der Waals surface area contributed by atoms with Gasteiger partial charge < -0.3 is 15.5 Å². The normalized spacial score (nSPS) is 12.9. The molecule has 0 saturated carbocycles. The topological polar surface area (TPSA) is 69.6 Å². The van der Waals surface area contributed by atoms with E-state index in [0.717, 1.165) is 38.5 Å². The van der Waals surface area contributed by atoms with E-state index in [1.807, 2.05) is 6.08 Å². The van der Waals surface area contributed by atoms with Gasteiger partial charge in [-0.25, -0.2) is 0 Å². The van der Waals surface area contributed by atoms with Gasteiger partial charge in [0.1, 0.15) is 0 Å². The summed E-state index contributed by atoms with van der Waals surface area (Å²) in [6.07, 6.45) is 97.9. The van der Waals surface area contributed by atoms with Crippen LogP contribution in [0.3, 0.4) is 0 Å². The monoisotopic (exact) mass is 1090 g/mol. The standard InChI is InChI=1S/C74H141NO3/c1-3-5-7-9-11-13-15-17-19-21-23-25-27-29-31-32-33-34-35-36-37-38-39-40-41-42-44-46-48-50-52-54-56-58-60-62-64-66-68-70-74(78)75-72(71-76)73(77)69-67-65-63-61-59-57-55-53-51-49-47-45-43-30-28-26-24-22-20-18-16-14-12-10-8-6-4-2/h15,17,21,23,59,61,67,69,72-73,76-77H,3-14,16,18-20,22,24-58,60,62-66,68,70-71H2,1-2H3,(H,75,78)/b17-15-,23-21-,61-59+,69-67+. The van der Waals surface area contributed by atoms with Gasteiger partial charge in [0.15, 0.2) is 0 Å². The van der Waals surface area contributed by atoms with Crippen molar-refractivity contribution in [2.45, 2.75) is 411 Å². The van der Waals surface area contributed by atoms with Crippen molar-refractivity contribution < 1.29 is 15.0 Å². The third-order valence-electron chi connectivity index (χ3n) is 16.8. The Bertz CT molecular complexity index is 1240. The molecule has 0 bridgehead atoms. The maximum atomic E-state index is 12.5. The number of carbonyl (C=O) groups is 1. The highest BCUT2D eigenvalue weighted by molar-refractivity contribution is 5.76. The lowest BCUT2D eigenvalue weighted by atomic mass is 10.0. The van der Waals surface area contributed by atoms with Gasteiger partial charge in [0.2, 0.25) is 5.91 Å². The van der Waals surface area contributed by atoms with Crippen LogP contribution in [0.2, 0.25) is 0 Å². The number of aliphatic hydroxyl groups is 2. The van der Waals surface area contributed by atoms with Crippen molar-refractivity contribution in [3.05, 3.63) is 48.6 Å². The van der Waals surface area contributed by atoms with Crippen LogP contribution in [0, 0.1) is 0 Å². The Morgan fingerprint density at radius 2 is 0.538 bits per heavy atom. The molecule has 0 aromatic heterocycles. The summed E-state index contributed by atoms with van der Waals surface area (Å²) < 4.78 is 0. The zero-order chi connectivity index (χ0) is 56.2. The lowest BCUT2D eigenvalue weighted by molar-refractivity contribution is -0.123. The molecule has 0 spiro atoms. The smallest absolute Gasteiger partial charge is 0.220 e. The van der Waals surface area contributed by atoms with Crippen LogP contribution in [-0.4, -0.2) is 34.9 Å². The fourth-order valence-electron chi connectivity index (χ4n) is 11.3. The number of hydrogen-bond donors (Lipinski definition) is 3. The number of hydrogen-bond acceptors (Lipinski definition) is 3. The lowest BCUT2D eigenvalue weighted by Gasteiger charge is -2.19. The summed E-state index contributed by atoms with van der Waals surface area (Å²) in [4.78, 5) is 12.5. The molecule has 0 aromatic carbocycles. The summed E-state index contributed by atoms with van der Waals surface area (Å²) in [7, 11) is 0. The largest absolute Gasteiger partial charge is 0.394 e. The number of rotatable bonds is 67. The summed E-state index contributed by atoms with van der Waals surface area (Å²) in [5, 5.41) is 23.3. The van der Waals surface area contributed by atoms with Crippen LogP contribution in [-0.2, 0) is 4.79 Å². The van der Waals surface area contributed by atoms with Crippen molar-refractivity contribution in [3.63, 3.8) is 0 Å². The molecule has 0 saturated heterocycles. The molecular weight excluding hydrogens is 951 g/mol. The number of unbranched alkanes of at least 4 members (excludes halogenated alkanes) is 54. The molecule has 1 amide bonds. The highest BCUT2D eigenvalue weighted by atomic mass is 16.3. The predicted molar refractivity (Wildman–Crippen MR) is 350 cm³/mol. The Balaban J connectivity index is 3.42. The molecule has 3 N–H and O–H groups in total. The van der Waals surface area contributed by atoms with Gasteiger partial charge in [0.05, 0.1) is 18.8 Å². The molecule has 0 aliphatic rings. The van der Waals surface area contributed by atoms with Crippen LogP contribution in [0.25, 0.3) is 0 Å². The predicted octanol–water partition coefficient (Wildman–Crippen LogP) is 24.5. The highest BCUT2D eigenvalue weighted by Crippen LogP contribution is 2.19. The SMILES string of the molecule is CCCCCCC/C=C\C/C=C\CCCCCCCCCCCCCCCCCCCCCCCCCCCCCC(=O)NC(CO)C(O)/C=C/CC/C=C/CCCCCCCCCCCCCCCCCCCCCCC. The minimum absolute atomic E-state index is 0.0656. The van der Waals surface area contributed by atoms with Gasteiger partial charge in [-0.2, -0.15) is 0 Å². The second-order valence-electron chi connectivity index (χ2n) is 24.6. The van der Waals surface area contributed by atoms with Gasteiger partial charge in [-0.15, -0.1) is 0 Å². The number of allylic oxidation sites excluding steroid dienone is 7. The molecule has 0 radical (unpaired) electrons. The van der Waals surface area contributed by atoms with Crippen LogP contribution >= 0.6 is 0 Å². The quantitative estimate of drug-likeness (QED) is 0.0420. The molecule has 2 atom stereocenters. The average molecular weight is 1090 g/mol. The molecule has 0 fully saturated rings. The molecule has 4 nitrogen and oxygen atoms in total. The second-order valence-corrected chi connectivity index (χ2v) is 24.6. The first-order valence-electron chi connectivity index (χ1n) is 35.9. The first-order chi connectivity index (χ1) is 38.7. The molecule has 0 aliphatic carbocycles. The van der Waals surface area contributed by atoms with Crippen LogP contribution in [0.1, 0.15) is 399 Å². The Morgan fingerprint density at radius 1 is 0.308 bits per heavy atom. The van der Waals surface area contributed by atoms with E-state index in [-0.39, 0.29) is 12.5 Å². The Hall–Kier alpha value is -1.65. The highest BCUT2D eigenvalue weighted by Gasteiger charge is 2.18. The van der Waals surface area contributed by atoms with E-state index in [2.05, 4.69) is 55.6 Å². The summed E-state index contributed by atoms with van der Waals surface area (Å²) in [5.74, 6) is -0.0656. The molecular formula is C74H141NO3. The fraction of sp³-hybridized carbons (Fsp3) is 0.878. The summed E-state index contributed by atoms with van der Waals surface area (Å²) >= 11 is 0. The van der Waals surface area contributed by atoms with E-state index in [9.17, 15) is 15.0 Å². The van der Waals surface area contributed by atoms with Crippen LogP contribution in [0.4, 0.5) is 0 Å². The Morgan fingerprint density at radius 3 is 0.821 bits per heavy atom. The van der Waals surface area contributed by atoms with Crippen molar-refractivity contribution in [1.29, 1.82) is 0 Å². The van der Waals surface area contributed by atoms with E-state index in [4.69, 9.17) is 0 Å². The molecule has 460 valence electrons. The van der Waals surface area contributed by atoms with Gasteiger partial charge in [0.25, 0.3) is 0 Å². The molecule has 78 heavy (non-hydrogen) atoms. The summed E-state index contributed by atoms with van der Waals surface area (Å²) in [6.45, 7) is 4.33. The zero-order valence-corrected chi connectivity index (χ0v) is 53.2. The average Bonchev–Trinajstić information content (AvgIpc) is 3.44. The molecule has 0 aliphatic heterocycles. The van der Waals surface area contributed by atoms with E-state index >= 15 is 0 Å². The van der Waals surface area contributed by atoms with Crippen molar-refractivity contribution in [2.75, 3.05) is 6.61 Å². The van der Waals surface area contributed by atoms with Crippen molar-refractivity contribution >= 4 is 5.91 Å². The fourth-order valence-corrected chi connectivity index (χ4v) is 11.3. The summed E-state index contributed by atoms with van der Waals surface area (Å²) in [5.41, 5.74) is 0. The third kappa shape index (κ3) is 65.2. The van der Waals surface area contributed by atoms with Gasteiger partial charge in [-0.1, -0.05) is 377 Å². The molecule has 2 unspecified atom stereocenters. The first-order valence-corrected chi connectivity index (χ1v) is 35.9. The van der Waals surface area contributed by atoms with E-state index in [1.165, 1.54) is 340 Å². The number of amides is 1. The molecule has 0 heterocycles.